The SMILES string of the molecule is O=C(O)C1O[C@@H](Oc2ccccc2)[C@@H](O)[C@@H](O)[C@@H]1O. The summed E-state index contributed by atoms with van der Waals surface area (Å²) in [5, 5.41) is 37.7. The van der Waals surface area contributed by atoms with Crippen LogP contribution in [0.15, 0.2) is 30.3 Å². The van der Waals surface area contributed by atoms with Crippen molar-refractivity contribution in [1.29, 1.82) is 0 Å². The first-order valence-electron chi connectivity index (χ1n) is 5.65. The number of carbonyl (C=O) groups is 1. The Morgan fingerprint density at radius 3 is 2.26 bits per heavy atom. The van der Waals surface area contributed by atoms with Gasteiger partial charge in [-0.05, 0) is 12.1 Å². The summed E-state index contributed by atoms with van der Waals surface area (Å²) in [6.07, 6.45) is -7.97. The van der Waals surface area contributed by atoms with E-state index in [0.717, 1.165) is 0 Å². The molecule has 2 rings (SSSR count). The Kier molecular flexibility index (Phi) is 4.01. The van der Waals surface area contributed by atoms with E-state index in [2.05, 4.69) is 0 Å². The first kappa shape index (κ1) is 13.8. The van der Waals surface area contributed by atoms with E-state index in [1.807, 2.05) is 0 Å². The van der Waals surface area contributed by atoms with Gasteiger partial charge in [-0.3, -0.25) is 0 Å². The minimum atomic E-state index is -1.72. The Balaban J connectivity index is 2.13. The highest BCUT2D eigenvalue weighted by atomic mass is 16.7. The molecule has 1 fully saturated rings. The second-order valence-electron chi connectivity index (χ2n) is 4.17. The molecule has 0 spiro atoms. The van der Waals surface area contributed by atoms with Gasteiger partial charge in [-0.15, -0.1) is 0 Å². The maximum absolute atomic E-state index is 10.9. The number of ether oxygens (including phenoxy) is 2. The van der Waals surface area contributed by atoms with Gasteiger partial charge in [-0.1, -0.05) is 18.2 Å². The van der Waals surface area contributed by atoms with Crippen molar-refractivity contribution in [3.63, 3.8) is 0 Å². The molecular formula is C12H14O7. The highest BCUT2D eigenvalue weighted by Gasteiger charge is 2.48. The molecule has 1 aromatic rings. The summed E-state index contributed by atoms with van der Waals surface area (Å²) < 4.78 is 10.2. The summed E-state index contributed by atoms with van der Waals surface area (Å²) >= 11 is 0. The van der Waals surface area contributed by atoms with Crippen LogP contribution in [0.1, 0.15) is 0 Å². The van der Waals surface area contributed by atoms with Crippen LogP contribution in [0, 0.1) is 0 Å². The molecule has 7 heteroatoms. The fourth-order valence-corrected chi connectivity index (χ4v) is 1.78. The third-order valence-electron chi connectivity index (χ3n) is 2.81. The molecule has 1 unspecified atom stereocenters. The summed E-state index contributed by atoms with van der Waals surface area (Å²) in [4.78, 5) is 10.9. The largest absolute Gasteiger partial charge is 0.479 e. The molecule has 1 saturated heterocycles. The van der Waals surface area contributed by atoms with E-state index in [1.165, 1.54) is 0 Å². The Labute approximate surface area is 108 Å². The molecule has 1 aliphatic heterocycles. The molecule has 0 aliphatic carbocycles. The van der Waals surface area contributed by atoms with E-state index in [-0.39, 0.29) is 0 Å². The predicted octanol–water partition coefficient (Wildman–Crippen LogP) is -1.04. The monoisotopic (exact) mass is 270 g/mol. The fourth-order valence-electron chi connectivity index (χ4n) is 1.78. The van der Waals surface area contributed by atoms with Crippen molar-refractivity contribution in [2.75, 3.05) is 0 Å². The molecule has 4 N–H and O–H groups in total. The molecule has 0 amide bonds. The summed E-state index contributed by atoms with van der Waals surface area (Å²) in [5.41, 5.74) is 0. The molecule has 0 radical (unpaired) electrons. The molecule has 104 valence electrons. The zero-order valence-corrected chi connectivity index (χ0v) is 9.79. The van der Waals surface area contributed by atoms with Crippen LogP contribution in [-0.2, 0) is 9.53 Å². The summed E-state index contributed by atoms with van der Waals surface area (Å²) in [6, 6.07) is 8.30. The number of carboxylic acid groups (broad SMARTS) is 1. The molecule has 1 aliphatic rings. The van der Waals surface area contributed by atoms with Gasteiger partial charge in [-0.2, -0.15) is 0 Å². The van der Waals surface area contributed by atoms with Crippen LogP contribution in [0.2, 0.25) is 0 Å². The highest BCUT2D eigenvalue weighted by Crippen LogP contribution is 2.24. The number of carboxylic acids is 1. The third-order valence-corrected chi connectivity index (χ3v) is 2.81. The zero-order chi connectivity index (χ0) is 14.0. The molecule has 5 atom stereocenters. The lowest BCUT2D eigenvalue weighted by molar-refractivity contribution is -0.271. The second-order valence-corrected chi connectivity index (χ2v) is 4.17. The topological polar surface area (TPSA) is 116 Å². The quantitative estimate of drug-likeness (QED) is 0.554. The van der Waals surface area contributed by atoms with Gasteiger partial charge in [0.2, 0.25) is 6.29 Å². The Bertz CT molecular complexity index is 435. The predicted molar refractivity (Wildman–Crippen MR) is 61.4 cm³/mol. The van der Waals surface area contributed by atoms with Gasteiger partial charge in [0.1, 0.15) is 24.1 Å². The van der Waals surface area contributed by atoms with E-state index < -0.39 is 36.7 Å². The molecule has 7 nitrogen and oxygen atoms in total. The Hall–Kier alpha value is -1.67. The van der Waals surface area contributed by atoms with Crippen molar-refractivity contribution in [3.05, 3.63) is 30.3 Å². The molecule has 0 saturated carbocycles. The Morgan fingerprint density at radius 2 is 1.68 bits per heavy atom. The number of benzene rings is 1. The number of hydrogen-bond donors (Lipinski definition) is 4. The number of para-hydroxylation sites is 1. The standard InChI is InChI=1S/C12H14O7/c13-7-8(14)10(11(16)17)19-12(9(7)15)18-6-4-2-1-3-5-6/h1-5,7-10,12-15H,(H,16,17)/t7-,8-,9-,10?,12+/m0/s1. The summed E-state index contributed by atoms with van der Waals surface area (Å²) in [5.74, 6) is -1.10. The van der Waals surface area contributed by atoms with E-state index in [0.29, 0.717) is 5.75 Å². The minimum Gasteiger partial charge on any atom is -0.479 e. The van der Waals surface area contributed by atoms with Crippen molar-refractivity contribution in [2.45, 2.75) is 30.7 Å². The number of aliphatic hydroxyl groups is 3. The van der Waals surface area contributed by atoms with E-state index >= 15 is 0 Å². The fraction of sp³-hybridized carbons (Fsp3) is 0.417. The highest BCUT2D eigenvalue weighted by molar-refractivity contribution is 5.73. The average Bonchev–Trinajstić information content (AvgIpc) is 2.40. The van der Waals surface area contributed by atoms with Crippen molar-refractivity contribution < 1.29 is 34.7 Å². The lowest BCUT2D eigenvalue weighted by Crippen LogP contribution is -2.61. The lowest BCUT2D eigenvalue weighted by atomic mass is 9.99. The first-order chi connectivity index (χ1) is 9.00. The van der Waals surface area contributed by atoms with Gasteiger partial charge in [-0.25, -0.2) is 4.79 Å². The maximum atomic E-state index is 10.9. The number of hydrogen-bond acceptors (Lipinski definition) is 6. The van der Waals surface area contributed by atoms with Gasteiger partial charge < -0.3 is 29.9 Å². The number of rotatable bonds is 3. The molecular weight excluding hydrogens is 256 g/mol. The average molecular weight is 270 g/mol. The van der Waals surface area contributed by atoms with Gasteiger partial charge in [0.15, 0.2) is 6.10 Å². The van der Waals surface area contributed by atoms with Crippen molar-refractivity contribution in [3.8, 4) is 5.75 Å². The summed E-state index contributed by atoms with van der Waals surface area (Å²) in [6.45, 7) is 0. The van der Waals surface area contributed by atoms with Crippen LogP contribution < -0.4 is 4.74 Å². The van der Waals surface area contributed by atoms with Crippen molar-refractivity contribution >= 4 is 5.97 Å². The van der Waals surface area contributed by atoms with Crippen LogP contribution in [0.5, 0.6) is 5.75 Å². The smallest absolute Gasteiger partial charge is 0.335 e. The minimum absolute atomic E-state index is 0.347. The summed E-state index contributed by atoms with van der Waals surface area (Å²) in [7, 11) is 0. The number of aliphatic hydroxyl groups excluding tert-OH is 3. The van der Waals surface area contributed by atoms with E-state index in [4.69, 9.17) is 14.6 Å². The van der Waals surface area contributed by atoms with Crippen LogP contribution in [0.4, 0.5) is 0 Å². The molecule has 0 bridgehead atoms. The zero-order valence-electron chi connectivity index (χ0n) is 9.79. The normalized spacial score (nSPS) is 34.8. The maximum Gasteiger partial charge on any atom is 0.335 e. The molecule has 19 heavy (non-hydrogen) atoms. The van der Waals surface area contributed by atoms with E-state index in [9.17, 15) is 20.1 Å². The molecule has 1 heterocycles. The van der Waals surface area contributed by atoms with Crippen LogP contribution in [0.25, 0.3) is 0 Å². The molecule has 1 aromatic carbocycles. The van der Waals surface area contributed by atoms with E-state index in [1.54, 1.807) is 30.3 Å². The lowest BCUT2D eigenvalue weighted by Gasteiger charge is -2.38. The van der Waals surface area contributed by atoms with Crippen molar-refractivity contribution in [1.82, 2.24) is 0 Å². The van der Waals surface area contributed by atoms with Gasteiger partial charge in [0.25, 0.3) is 0 Å². The van der Waals surface area contributed by atoms with Crippen LogP contribution in [-0.4, -0.2) is 57.1 Å². The Morgan fingerprint density at radius 1 is 1.05 bits per heavy atom. The molecule has 0 aromatic heterocycles. The second kappa shape index (κ2) is 5.54. The van der Waals surface area contributed by atoms with Crippen LogP contribution >= 0.6 is 0 Å². The van der Waals surface area contributed by atoms with Gasteiger partial charge in [0, 0.05) is 0 Å². The third kappa shape index (κ3) is 2.85. The van der Waals surface area contributed by atoms with Gasteiger partial charge in [0.05, 0.1) is 0 Å². The number of aliphatic carboxylic acids is 1. The van der Waals surface area contributed by atoms with Crippen LogP contribution in [0.3, 0.4) is 0 Å². The first-order valence-corrected chi connectivity index (χ1v) is 5.65. The van der Waals surface area contributed by atoms with Gasteiger partial charge >= 0.3 is 5.97 Å². The van der Waals surface area contributed by atoms with Crippen molar-refractivity contribution in [2.24, 2.45) is 0 Å².